The summed E-state index contributed by atoms with van der Waals surface area (Å²) in [5.74, 6) is -0.712. The number of nitro groups is 1. The summed E-state index contributed by atoms with van der Waals surface area (Å²) in [6.07, 6.45) is 0.918. The van der Waals surface area contributed by atoms with Gasteiger partial charge in [0.05, 0.1) is 9.82 Å². The number of non-ortho nitro benzene ring substituents is 1. The lowest BCUT2D eigenvalue weighted by Crippen LogP contribution is -2.50. The van der Waals surface area contributed by atoms with Crippen molar-refractivity contribution in [2.24, 2.45) is 0 Å². The van der Waals surface area contributed by atoms with Crippen molar-refractivity contribution in [3.63, 3.8) is 0 Å². The number of carbonyl (C=O) groups is 2. The van der Waals surface area contributed by atoms with Crippen LogP contribution in [0.5, 0.6) is 0 Å². The van der Waals surface area contributed by atoms with E-state index >= 15 is 0 Å². The van der Waals surface area contributed by atoms with Crippen molar-refractivity contribution in [2.45, 2.75) is 4.90 Å². The van der Waals surface area contributed by atoms with E-state index in [1.807, 2.05) is 0 Å². The molecule has 1 aliphatic heterocycles. The molecule has 0 radical (unpaired) electrons. The molecule has 158 valence electrons. The Hall–Kier alpha value is -2.98. The Labute approximate surface area is 177 Å². The van der Waals surface area contributed by atoms with Crippen molar-refractivity contribution < 1.29 is 22.9 Å². The summed E-state index contributed by atoms with van der Waals surface area (Å²) in [6.45, 7) is 0.992. The highest BCUT2D eigenvalue weighted by Gasteiger charge is 2.27. The number of hydrogen-bond acceptors (Lipinski definition) is 6. The second-order valence-electron chi connectivity index (χ2n) is 6.84. The quantitative estimate of drug-likeness (QED) is 0.519. The van der Waals surface area contributed by atoms with Crippen LogP contribution in [-0.2, 0) is 9.84 Å². The maximum absolute atomic E-state index is 12.8. The molecular formula is C19H18ClN3O6S. The van der Waals surface area contributed by atoms with E-state index in [1.165, 1.54) is 4.90 Å². The predicted molar refractivity (Wildman–Crippen MR) is 109 cm³/mol. The smallest absolute Gasteiger partial charge is 0.271 e. The number of piperazine rings is 1. The summed E-state index contributed by atoms with van der Waals surface area (Å²) in [4.78, 5) is 38.5. The van der Waals surface area contributed by atoms with Crippen molar-refractivity contribution in [2.75, 3.05) is 32.4 Å². The van der Waals surface area contributed by atoms with Crippen LogP contribution >= 0.6 is 11.6 Å². The summed E-state index contributed by atoms with van der Waals surface area (Å²) in [7, 11) is -3.74. The van der Waals surface area contributed by atoms with Gasteiger partial charge in [0.2, 0.25) is 0 Å². The van der Waals surface area contributed by atoms with Crippen LogP contribution in [0.15, 0.2) is 47.4 Å². The van der Waals surface area contributed by atoms with Crippen LogP contribution in [0.4, 0.5) is 5.69 Å². The Bertz CT molecular complexity index is 1110. The molecule has 1 saturated heterocycles. The molecule has 9 nitrogen and oxygen atoms in total. The summed E-state index contributed by atoms with van der Waals surface area (Å²) in [6, 6.07) is 9.61. The van der Waals surface area contributed by atoms with Gasteiger partial charge >= 0.3 is 0 Å². The fourth-order valence-electron chi connectivity index (χ4n) is 3.10. The van der Waals surface area contributed by atoms with Crippen LogP contribution in [-0.4, -0.2) is 67.4 Å². The Morgan fingerprint density at radius 2 is 1.43 bits per heavy atom. The van der Waals surface area contributed by atoms with Crippen molar-refractivity contribution in [3.05, 3.63) is 68.7 Å². The third-order valence-electron chi connectivity index (χ3n) is 4.72. The molecule has 2 amide bonds. The van der Waals surface area contributed by atoms with Crippen molar-refractivity contribution in [1.82, 2.24) is 9.80 Å². The molecule has 1 heterocycles. The Morgan fingerprint density at radius 1 is 0.933 bits per heavy atom. The number of benzene rings is 2. The van der Waals surface area contributed by atoms with Gasteiger partial charge in [0.25, 0.3) is 17.5 Å². The van der Waals surface area contributed by atoms with E-state index in [-0.39, 0.29) is 42.5 Å². The number of amides is 2. The van der Waals surface area contributed by atoms with Gasteiger partial charge in [-0.1, -0.05) is 11.6 Å². The highest BCUT2D eigenvalue weighted by molar-refractivity contribution is 7.90. The van der Waals surface area contributed by atoms with E-state index < -0.39 is 26.4 Å². The maximum atomic E-state index is 12.8. The fraction of sp³-hybridized carbons (Fsp3) is 0.263. The monoisotopic (exact) mass is 451 g/mol. The summed E-state index contributed by atoms with van der Waals surface area (Å²) in [5, 5.41) is 11.7. The van der Waals surface area contributed by atoms with Gasteiger partial charge in [-0.05, 0) is 30.3 Å². The minimum absolute atomic E-state index is 0.0814. The zero-order valence-electron chi connectivity index (χ0n) is 15.9. The molecule has 1 fully saturated rings. The lowest BCUT2D eigenvalue weighted by atomic mass is 10.1. The Morgan fingerprint density at radius 3 is 1.90 bits per heavy atom. The molecule has 0 aromatic heterocycles. The second-order valence-corrected chi connectivity index (χ2v) is 9.29. The zero-order chi connectivity index (χ0) is 22.1. The standard InChI is InChI=1S/C19H18ClN3O6S/c1-30(28,29)17-11-14(10-16(12-17)23(26)27)19(25)22-8-6-21(7-9-22)18(24)13-2-4-15(20)5-3-13/h2-5,10-12H,6-9H2,1H3. The lowest BCUT2D eigenvalue weighted by molar-refractivity contribution is -0.385. The van der Waals surface area contributed by atoms with E-state index in [2.05, 4.69) is 0 Å². The van der Waals surface area contributed by atoms with Gasteiger partial charge in [-0.2, -0.15) is 0 Å². The van der Waals surface area contributed by atoms with Crippen molar-refractivity contribution >= 4 is 38.9 Å². The van der Waals surface area contributed by atoms with Crippen molar-refractivity contribution in [3.8, 4) is 0 Å². The van der Waals surface area contributed by atoms with Gasteiger partial charge in [-0.25, -0.2) is 8.42 Å². The van der Waals surface area contributed by atoms with Gasteiger partial charge in [-0.15, -0.1) is 0 Å². The highest BCUT2D eigenvalue weighted by Crippen LogP contribution is 2.23. The van der Waals surface area contributed by atoms with E-state index in [9.17, 15) is 28.1 Å². The van der Waals surface area contributed by atoms with Crippen LogP contribution in [0.1, 0.15) is 20.7 Å². The molecule has 0 unspecified atom stereocenters. The van der Waals surface area contributed by atoms with Gasteiger partial charge in [0, 0.05) is 60.7 Å². The first-order valence-electron chi connectivity index (χ1n) is 8.90. The van der Waals surface area contributed by atoms with Gasteiger partial charge in [-0.3, -0.25) is 19.7 Å². The Kier molecular flexibility index (Phi) is 6.09. The molecule has 0 saturated carbocycles. The predicted octanol–water partition coefficient (Wildman–Crippen LogP) is 2.25. The number of halogens is 1. The number of nitrogens with zero attached hydrogens (tertiary/aromatic N) is 3. The first kappa shape index (κ1) is 21.7. The molecule has 0 spiro atoms. The number of carbonyl (C=O) groups excluding carboxylic acids is 2. The highest BCUT2D eigenvalue weighted by atomic mass is 35.5. The molecule has 30 heavy (non-hydrogen) atoms. The topological polar surface area (TPSA) is 118 Å². The molecule has 2 aromatic rings. The van der Waals surface area contributed by atoms with Gasteiger partial charge in [0.1, 0.15) is 0 Å². The van der Waals surface area contributed by atoms with Crippen LogP contribution in [0.25, 0.3) is 0 Å². The normalized spacial score (nSPS) is 14.5. The minimum Gasteiger partial charge on any atom is -0.335 e. The second kappa shape index (κ2) is 8.41. The number of sulfone groups is 1. The van der Waals surface area contributed by atoms with Crippen LogP contribution in [0.3, 0.4) is 0 Å². The SMILES string of the molecule is CS(=O)(=O)c1cc(C(=O)N2CCN(C(=O)c3ccc(Cl)cc3)CC2)cc([N+](=O)[O-])c1. The third-order valence-corrected chi connectivity index (χ3v) is 6.07. The molecular weight excluding hydrogens is 434 g/mol. The average molecular weight is 452 g/mol. The van der Waals surface area contributed by atoms with E-state index in [1.54, 1.807) is 29.2 Å². The fourth-order valence-corrected chi connectivity index (χ4v) is 3.90. The van der Waals surface area contributed by atoms with E-state index in [0.29, 0.717) is 10.6 Å². The van der Waals surface area contributed by atoms with E-state index in [0.717, 1.165) is 24.5 Å². The van der Waals surface area contributed by atoms with Crippen LogP contribution < -0.4 is 0 Å². The average Bonchev–Trinajstić information content (AvgIpc) is 2.72. The van der Waals surface area contributed by atoms with Gasteiger partial charge in [0.15, 0.2) is 9.84 Å². The number of nitro benzene ring substituents is 1. The molecule has 0 N–H and O–H groups in total. The summed E-state index contributed by atoms with van der Waals surface area (Å²) < 4.78 is 23.7. The molecule has 2 aromatic carbocycles. The number of rotatable bonds is 4. The molecule has 1 aliphatic rings. The Balaban J connectivity index is 1.75. The summed E-state index contributed by atoms with van der Waals surface area (Å²) in [5.41, 5.74) is -0.0735. The van der Waals surface area contributed by atoms with Crippen LogP contribution in [0.2, 0.25) is 5.02 Å². The van der Waals surface area contributed by atoms with E-state index in [4.69, 9.17) is 11.6 Å². The minimum atomic E-state index is -3.74. The lowest BCUT2D eigenvalue weighted by Gasteiger charge is -2.35. The molecule has 11 heteroatoms. The van der Waals surface area contributed by atoms with Gasteiger partial charge < -0.3 is 9.80 Å². The maximum Gasteiger partial charge on any atom is 0.271 e. The molecule has 0 aliphatic carbocycles. The third kappa shape index (κ3) is 4.77. The summed E-state index contributed by atoms with van der Waals surface area (Å²) >= 11 is 5.84. The zero-order valence-corrected chi connectivity index (χ0v) is 17.5. The van der Waals surface area contributed by atoms with Crippen molar-refractivity contribution in [1.29, 1.82) is 0 Å². The molecule has 0 atom stereocenters. The molecule has 0 bridgehead atoms. The first-order valence-corrected chi connectivity index (χ1v) is 11.2. The first-order chi connectivity index (χ1) is 14.1. The largest absolute Gasteiger partial charge is 0.335 e. The number of hydrogen-bond donors (Lipinski definition) is 0. The molecule has 3 rings (SSSR count). The van der Waals surface area contributed by atoms with Crippen LogP contribution in [0, 0.1) is 10.1 Å².